The largest absolute Gasteiger partial charge is 0.394 e. The second kappa shape index (κ2) is 5.32. The van der Waals surface area contributed by atoms with E-state index in [1.54, 1.807) is 0 Å². The van der Waals surface area contributed by atoms with Crippen molar-refractivity contribution < 1.29 is 22.4 Å². The molecule has 122 valence electrons. The van der Waals surface area contributed by atoms with Gasteiger partial charge in [-0.05, 0) is 18.2 Å². The zero-order valence-corrected chi connectivity index (χ0v) is 11.7. The van der Waals surface area contributed by atoms with Crippen LogP contribution in [0.15, 0.2) is 24.5 Å². The highest BCUT2D eigenvalue weighted by atomic mass is 19.4. The van der Waals surface area contributed by atoms with Gasteiger partial charge in [-0.2, -0.15) is 13.2 Å². The number of hydrogen-bond donors (Lipinski definition) is 1. The Hall–Kier alpha value is -2.45. The van der Waals surface area contributed by atoms with Gasteiger partial charge < -0.3 is 10.6 Å². The lowest BCUT2D eigenvalue weighted by Gasteiger charge is -2.20. The predicted octanol–water partition coefficient (Wildman–Crippen LogP) is 1.87. The first-order valence-electron chi connectivity index (χ1n) is 6.78. The van der Waals surface area contributed by atoms with E-state index in [2.05, 4.69) is 9.97 Å². The molecule has 0 radical (unpaired) electrons. The molecule has 2 atom stereocenters. The Labute approximate surface area is 128 Å². The van der Waals surface area contributed by atoms with Crippen LogP contribution in [0.2, 0.25) is 0 Å². The fourth-order valence-electron chi connectivity index (χ4n) is 2.86. The minimum atomic E-state index is -4.55. The average molecular weight is 328 g/mol. The van der Waals surface area contributed by atoms with E-state index in [0.717, 1.165) is 6.07 Å². The molecular formula is C14H12F4N4O. The second-order valence-corrected chi connectivity index (χ2v) is 5.42. The number of halogens is 4. The summed E-state index contributed by atoms with van der Waals surface area (Å²) in [6, 6.07) is 3.78. The summed E-state index contributed by atoms with van der Waals surface area (Å²) in [5.74, 6) is -4.65. The Bertz CT molecular complexity index is 764. The molecule has 1 aliphatic heterocycles. The first-order chi connectivity index (χ1) is 10.8. The Balaban J connectivity index is 2.03. The minimum absolute atomic E-state index is 0.160. The molecule has 2 N–H and O–H groups in total. The van der Waals surface area contributed by atoms with E-state index in [-0.39, 0.29) is 12.4 Å². The van der Waals surface area contributed by atoms with Crippen molar-refractivity contribution in [2.24, 2.45) is 17.6 Å². The number of nitrogens with zero attached hydrogens (tertiary/aromatic N) is 3. The van der Waals surface area contributed by atoms with Crippen LogP contribution < -0.4 is 10.6 Å². The van der Waals surface area contributed by atoms with E-state index < -0.39 is 36.3 Å². The Morgan fingerprint density at radius 3 is 2.61 bits per heavy atom. The molecule has 1 fully saturated rings. The van der Waals surface area contributed by atoms with Crippen LogP contribution in [0.4, 0.5) is 23.4 Å². The molecule has 5 nitrogen and oxygen atoms in total. The van der Waals surface area contributed by atoms with Gasteiger partial charge in [-0.25, -0.2) is 14.4 Å². The first kappa shape index (κ1) is 15.4. The summed E-state index contributed by atoms with van der Waals surface area (Å²) < 4.78 is 52.8. The zero-order valence-electron chi connectivity index (χ0n) is 11.7. The van der Waals surface area contributed by atoms with E-state index in [1.807, 2.05) is 0 Å². The van der Waals surface area contributed by atoms with Crippen LogP contribution in [0.5, 0.6) is 0 Å². The first-order valence-corrected chi connectivity index (χ1v) is 6.78. The lowest BCUT2D eigenvalue weighted by Crippen LogP contribution is -2.37. The van der Waals surface area contributed by atoms with Crippen molar-refractivity contribution in [3.8, 4) is 0 Å². The fraction of sp³-hybridized carbons (Fsp3) is 0.357. The van der Waals surface area contributed by atoms with E-state index in [1.165, 1.54) is 23.4 Å². The van der Waals surface area contributed by atoms with Gasteiger partial charge in [0.1, 0.15) is 18.0 Å². The topological polar surface area (TPSA) is 72.1 Å². The molecular weight excluding hydrogens is 316 g/mol. The van der Waals surface area contributed by atoms with Crippen LogP contribution in [-0.2, 0) is 4.79 Å². The molecule has 1 aromatic heterocycles. The number of benzene rings is 1. The summed E-state index contributed by atoms with van der Waals surface area (Å²) in [7, 11) is 0. The summed E-state index contributed by atoms with van der Waals surface area (Å²) in [5, 5.41) is 0.290. The van der Waals surface area contributed by atoms with Crippen molar-refractivity contribution in [2.75, 3.05) is 18.0 Å². The normalized spacial score (nSPS) is 21.8. The van der Waals surface area contributed by atoms with Crippen molar-refractivity contribution in [3.63, 3.8) is 0 Å². The molecule has 2 aromatic rings. The molecule has 0 spiro atoms. The fourth-order valence-corrected chi connectivity index (χ4v) is 2.86. The van der Waals surface area contributed by atoms with Gasteiger partial charge in [-0.15, -0.1) is 0 Å². The number of amides is 1. The van der Waals surface area contributed by atoms with Gasteiger partial charge >= 0.3 is 6.18 Å². The van der Waals surface area contributed by atoms with E-state index in [9.17, 15) is 22.4 Å². The van der Waals surface area contributed by atoms with E-state index >= 15 is 0 Å². The van der Waals surface area contributed by atoms with Crippen molar-refractivity contribution in [2.45, 2.75) is 6.18 Å². The maximum absolute atomic E-state index is 13.4. The van der Waals surface area contributed by atoms with Crippen LogP contribution >= 0.6 is 0 Å². The molecule has 1 aromatic carbocycles. The van der Waals surface area contributed by atoms with Crippen molar-refractivity contribution in [1.29, 1.82) is 0 Å². The Kier molecular flexibility index (Phi) is 3.57. The summed E-state index contributed by atoms with van der Waals surface area (Å²) in [6.45, 7) is -0.679. The van der Waals surface area contributed by atoms with Gasteiger partial charge in [0.25, 0.3) is 0 Å². The van der Waals surface area contributed by atoms with Crippen LogP contribution in [-0.4, -0.2) is 35.1 Å². The van der Waals surface area contributed by atoms with Gasteiger partial charge in [0.05, 0.1) is 17.4 Å². The number of anilines is 1. The number of primary amides is 1. The molecule has 0 aliphatic carbocycles. The smallest absolute Gasteiger partial charge is 0.369 e. The number of carbonyl (C=O) groups excluding carboxylic acids is 1. The number of nitrogens with two attached hydrogens (primary N) is 1. The minimum Gasteiger partial charge on any atom is -0.369 e. The van der Waals surface area contributed by atoms with Crippen LogP contribution in [0.3, 0.4) is 0 Å². The van der Waals surface area contributed by atoms with Crippen molar-refractivity contribution in [1.82, 2.24) is 9.97 Å². The quantitative estimate of drug-likeness (QED) is 0.854. The second-order valence-electron chi connectivity index (χ2n) is 5.42. The predicted molar refractivity (Wildman–Crippen MR) is 73.9 cm³/mol. The molecule has 2 heterocycles. The monoisotopic (exact) mass is 328 g/mol. The molecule has 0 saturated carbocycles. The van der Waals surface area contributed by atoms with E-state index in [0.29, 0.717) is 10.9 Å². The molecule has 1 amide bonds. The van der Waals surface area contributed by atoms with Crippen LogP contribution in [0.25, 0.3) is 10.9 Å². The zero-order chi connectivity index (χ0) is 16.8. The summed E-state index contributed by atoms with van der Waals surface area (Å²) >= 11 is 0. The molecule has 23 heavy (non-hydrogen) atoms. The van der Waals surface area contributed by atoms with E-state index in [4.69, 9.17) is 5.73 Å². The molecule has 1 aliphatic rings. The van der Waals surface area contributed by atoms with Gasteiger partial charge in [-0.3, -0.25) is 4.79 Å². The third-order valence-electron chi connectivity index (χ3n) is 3.98. The third-order valence-corrected chi connectivity index (χ3v) is 3.98. The molecule has 3 rings (SSSR count). The highest BCUT2D eigenvalue weighted by Gasteiger charge is 2.52. The number of rotatable bonds is 2. The lowest BCUT2D eigenvalue weighted by molar-refractivity contribution is -0.181. The highest BCUT2D eigenvalue weighted by Crippen LogP contribution is 2.39. The standard InChI is InChI=1S/C14H12F4N4O/c15-7-1-2-11-8(3-7)13(21-6-20-11)22-4-9(12(19)23)10(5-22)14(16,17)18/h1-3,6,9-10H,4-5H2,(H2,19,23)/t9-,10-/m1/s1. The average Bonchev–Trinajstić information content (AvgIpc) is 2.92. The summed E-state index contributed by atoms with van der Waals surface area (Å²) in [4.78, 5) is 20.6. The number of carbonyl (C=O) groups is 1. The molecule has 1 saturated heterocycles. The number of fused-ring (bicyclic) bond motifs is 1. The van der Waals surface area contributed by atoms with Gasteiger partial charge in [0.15, 0.2) is 0 Å². The third kappa shape index (κ3) is 2.78. The van der Waals surface area contributed by atoms with Gasteiger partial charge in [0, 0.05) is 18.5 Å². The summed E-state index contributed by atoms with van der Waals surface area (Å²) in [6.07, 6.45) is -3.36. The number of hydrogen-bond acceptors (Lipinski definition) is 4. The molecule has 9 heteroatoms. The van der Waals surface area contributed by atoms with Crippen molar-refractivity contribution >= 4 is 22.6 Å². The number of alkyl halides is 3. The SMILES string of the molecule is NC(=O)[C@@H]1CN(c2ncnc3ccc(F)cc23)C[C@H]1C(F)(F)F. The van der Waals surface area contributed by atoms with Crippen LogP contribution in [0.1, 0.15) is 0 Å². The molecule has 0 bridgehead atoms. The van der Waals surface area contributed by atoms with Gasteiger partial charge in [0.2, 0.25) is 5.91 Å². The summed E-state index contributed by atoms with van der Waals surface area (Å²) in [5.41, 5.74) is 5.51. The lowest BCUT2D eigenvalue weighted by atomic mass is 9.95. The Morgan fingerprint density at radius 2 is 2.00 bits per heavy atom. The molecule has 0 unspecified atom stereocenters. The van der Waals surface area contributed by atoms with Gasteiger partial charge in [-0.1, -0.05) is 0 Å². The van der Waals surface area contributed by atoms with Crippen molar-refractivity contribution in [3.05, 3.63) is 30.3 Å². The Morgan fingerprint density at radius 1 is 1.26 bits per heavy atom. The maximum atomic E-state index is 13.4. The number of aromatic nitrogens is 2. The van der Waals surface area contributed by atoms with Crippen LogP contribution in [0, 0.1) is 17.7 Å². The highest BCUT2D eigenvalue weighted by molar-refractivity contribution is 5.90. The maximum Gasteiger partial charge on any atom is 0.394 e.